The van der Waals surface area contributed by atoms with Gasteiger partial charge in [-0.1, -0.05) is 30.8 Å². The van der Waals surface area contributed by atoms with Crippen LogP contribution >= 0.6 is 11.8 Å². The molecule has 1 amide bonds. The highest BCUT2D eigenvalue weighted by atomic mass is 32.2. The summed E-state index contributed by atoms with van der Waals surface area (Å²) >= 11 is 1.65. The van der Waals surface area contributed by atoms with Gasteiger partial charge in [0.2, 0.25) is 0 Å². The summed E-state index contributed by atoms with van der Waals surface area (Å²) < 4.78 is 0. The van der Waals surface area contributed by atoms with E-state index in [9.17, 15) is 4.79 Å². The Morgan fingerprint density at radius 2 is 1.89 bits per heavy atom. The Kier molecular flexibility index (Phi) is 7.28. The lowest BCUT2D eigenvalue weighted by Crippen LogP contribution is -3.12. The molecule has 1 saturated heterocycles. The van der Waals surface area contributed by atoms with Gasteiger partial charge in [0.05, 0.1) is 33.2 Å². The number of amides is 1. The van der Waals surface area contributed by atoms with E-state index in [1.807, 2.05) is 31.2 Å². The van der Waals surface area contributed by atoms with Crippen molar-refractivity contribution in [1.29, 1.82) is 0 Å². The van der Waals surface area contributed by atoms with Gasteiger partial charge in [0.25, 0.3) is 5.91 Å². The number of nitrogens with one attached hydrogen (secondary N) is 2. The van der Waals surface area contributed by atoms with Gasteiger partial charge in [0, 0.05) is 29.6 Å². The second-order valence-corrected chi connectivity index (χ2v) is 8.09. The number of carbonyl (C=O) groups excluding carboxylic acids is 1. The summed E-state index contributed by atoms with van der Waals surface area (Å²) in [5, 5.41) is 3.65. The third-order valence-corrected chi connectivity index (χ3v) is 5.89. The molecule has 0 bridgehead atoms. The first kappa shape index (κ1) is 20.6. The smallest absolute Gasteiger partial charge is 0.251 e. The number of quaternary nitrogens is 1. The molecule has 7 heteroatoms. The molecule has 0 atom stereocenters. The number of rotatable bonds is 7. The lowest BCUT2D eigenvalue weighted by atomic mass is 10.1. The Hall–Kier alpha value is -2.12. The Morgan fingerprint density at radius 1 is 1.18 bits per heavy atom. The van der Waals surface area contributed by atoms with Gasteiger partial charge in [-0.3, -0.25) is 4.79 Å². The van der Waals surface area contributed by atoms with E-state index in [1.165, 1.54) is 0 Å². The fraction of sp³-hybridized carbons (Fsp3) is 0.476. The van der Waals surface area contributed by atoms with Crippen LogP contribution in [0.4, 0.5) is 5.82 Å². The van der Waals surface area contributed by atoms with Crippen molar-refractivity contribution >= 4 is 23.5 Å². The molecule has 3 rings (SSSR count). The first-order chi connectivity index (χ1) is 13.6. The first-order valence-electron chi connectivity index (χ1n) is 10.0. The van der Waals surface area contributed by atoms with Gasteiger partial charge in [0.1, 0.15) is 5.82 Å². The van der Waals surface area contributed by atoms with Crippen LogP contribution in [0.5, 0.6) is 0 Å². The maximum atomic E-state index is 11.9. The van der Waals surface area contributed by atoms with E-state index >= 15 is 0 Å². The van der Waals surface area contributed by atoms with Gasteiger partial charge in [-0.2, -0.15) is 0 Å². The van der Waals surface area contributed by atoms with Crippen molar-refractivity contribution in [3.8, 4) is 0 Å². The van der Waals surface area contributed by atoms with Gasteiger partial charge >= 0.3 is 0 Å². The Bertz CT molecular complexity index is 788. The first-order valence-corrected chi connectivity index (χ1v) is 11.0. The number of hydrogen-bond donors (Lipinski definition) is 2. The van der Waals surface area contributed by atoms with Crippen molar-refractivity contribution in [2.45, 2.75) is 31.2 Å². The predicted molar refractivity (Wildman–Crippen MR) is 114 cm³/mol. The number of piperazine rings is 1. The standard InChI is InChI=1S/C21H29N5OS/c1-4-18-14-19(26-12-10-25(3)11-13-26)24-21(23-18)28-15-16-6-8-17(9-7-16)20(27)22-5-2/h6-9,14H,4-5,10-13,15H2,1-3H3,(H,22,27)/p+1. The lowest BCUT2D eigenvalue weighted by molar-refractivity contribution is -0.880. The van der Waals surface area contributed by atoms with E-state index in [0.717, 1.165) is 60.6 Å². The summed E-state index contributed by atoms with van der Waals surface area (Å²) in [6, 6.07) is 9.90. The molecule has 150 valence electrons. The number of hydrogen-bond acceptors (Lipinski definition) is 5. The molecule has 1 aliphatic heterocycles. The molecule has 28 heavy (non-hydrogen) atoms. The predicted octanol–water partition coefficient (Wildman–Crippen LogP) is 1.42. The number of likely N-dealkylation sites (N-methyl/N-ethyl adjacent to an activating group) is 1. The van der Waals surface area contributed by atoms with Crippen LogP contribution in [0.3, 0.4) is 0 Å². The molecule has 6 nitrogen and oxygen atoms in total. The van der Waals surface area contributed by atoms with Gasteiger partial charge < -0.3 is 15.1 Å². The van der Waals surface area contributed by atoms with Crippen LogP contribution in [-0.2, 0) is 12.2 Å². The largest absolute Gasteiger partial charge is 0.352 e. The molecule has 1 aliphatic rings. The van der Waals surface area contributed by atoms with E-state index < -0.39 is 0 Å². The second kappa shape index (κ2) is 9.89. The fourth-order valence-electron chi connectivity index (χ4n) is 3.15. The molecule has 0 radical (unpaired) electrons. The number of aryl methyl sites for hydroxylation is 1. The molecule has 1 fully saturated rings. The fourth-order valence-corrected chi connectivity index (χ4v) is 3.98. The molecule has 0 aliphatic carbocycles. The summed E-state index contributed by atoms with van der Waals surface area (Å²) in [5.41, 5.74) is 2.94. The second-order valence-electron chi connectivity index (χ2n) is 7.14. The highest BCUT2D eigenvalue weighted by Gasteiger charge is 2.19. The molecule has 0 spiro atoms. The summed E-state index contributed by atoms with van der Waals surface area (Å²) in [7, 11) is 2.24. The van der Waals surface area contributed by atoms with Crippen LogP contribution in [0.2, 0.25) is 0 Å². The maximum Gasteiger partial charge on any atom is 0.251 e. The third kappa shape index (κ3) is 5.45. The van der Waals surface area contributed by atoms with E-state index in [4.69, 9.17) is 9.97 Å². The number of anilines is 1. The van der Waals surface area contributed by atoms with E-state index in [2.05, 4.69) is 30.3 Å². The molecule has 0 saturated carbocycles. The summed E-state index contributed by atoms with van der Waals surface area (Å²) in [6.45, 7) is 9.06. The molecular weight excluding hydrogens is 370 g/mol. The number of nitrogens with zero attached hydrogens (tertiary/aromatic N) is 3. The number of carbonyl (C=O) groups is 1. The lowest BCUT2D eigenvalue weighted by Gasteiger charge is -2.31. The minimum Gasteiger partial charge on any atom is -0.352 e. The van der Waals surface area contributed by atoms with Crippen LogP contribution in [0.1, 0.15) is 35.5 Å². The van der Waals surface area contributed by atoms with Crippen LogP contribution in [0.15, 0.2) is 35.5 Å². The van der Waals surface area contributed by atoms with Crippen LogP contribution < -0.4 is 15.1 Å². The molecular formula is C21H30N5OS+. The minimum atomic E-state index is -0.0284. The zero-order valence-corrected chi connectivity index (χ0v) is 17.8. The van der Waals surface area contributed by atoms with E-state index in [1.54, 1.807) is 16.7 Å². The number of thioether (sulfide) groups is 1. The monoisotopic (exact) mass is 400 g/mol. The number of aromatic nitrogens is 2. The molecule has 2 aromatic rings. The average Bonchev–Trinajstić information content (AvgIpc) is 2.73. The highest BCUT2D eigenvalue weighted by molar-refractivity contribution is 7.98. The average molecular weight is 401 g/mol. The highest BCUT2D eigenvalue weighted by Crippen LogP contribution is 2.23. The number of benzene rings is 1. The maximum absolute atomic E-state index is 11.9. The van der Waals surface area contributed by atoms with Crippen molar-refractivity contribution in [2.24, 2.45) is 0 Å². The molecule has 2 N–H and O–H groups in total. The zero-order chi connectivity index (χ0) is 19.9. The van der Waals surface area contributed by atoms with Crippen LogP contribution in [0, 0.1) is 0 Å². The van der Waals surface area contributed by atoms with Gasteiger partial charge in [0.15, 0.2) is 5.16 Å². The summed E-state index contributed by atoms with van der Waals surface area (Å²) in [5.74, 6) is 1.81. The molecule has 0 unspecified atom stereocenters. The zero-order valence-electron chi connectivity index (χ0n) is 17.0. The van der Waals surface area contributed by atoms with Gasteiger partial charge in [-0.05, 0) is 31.0 Å². The van der Waals surface area contributed by atoms with Crippen molar-refractivity contribution in [3.63, 3.8) is 0 Å². The van der Waals surface area contributed by atoms with Gasteiger partial charge in [-0.15, -0.1) is 0 Å². The third-order valence-electron chi connectivity index (χ3n) is 4.97. The summed E-state index contributed by atoms with van der Waals surface area (Å²) in [6.07, 6.45) is 0.906. The minimum absolute atomic E-state index is 0.0284. The van der Waals surface area contributed by atoms with E-state index in [-0.39, 0.29) is 5.91 Å². The Morgan fingerprint density at radius 3 is 2.54 bits per heavy atom. The SMILES string of the molecule is CCNC(=O)c1ccc(CSc2nc(CC)cc(N3CC[NH+](C)CC3)n2)cc1. The van der Waals surface area contributed by atoms with Crippen LogP contribution in [-0.4, -0.2) is 55.6 Å². The van der Waals surface area contributed by atoms with E-state index in [0.29, 0.717) is 12.1 Å². The van der Waals surface area contributed by atoms with Crippen molar-refractivity contribution in [3.05, 3.63) is 47.2 Å². The summed E-state index contributed by atoms with van der Waals surface area (Å²) in [4.78, 5) is 25.3. The molecule has 2 heterocycles. The quantitative estimate of drug-likeness (QED) is 0.544. The molecule has 1 aromatic heterocycles. The Labute approximate surface area is 171 Å². The topological polar surface area (TPSA) is 62.6 Å². The molecule has 1 aromatic carbocycles. The van der Waals surface area contributed by atoms with Crippen LogP contribution in [0.25, 0.3) is 0 Å². The normalized spacial score (nSPS) is 14.9. The van der Waals surface area contributed by atoms with Crippen molar-refractivity contribution in [2.75, 3.05) is 44.7 Å². The van der Waals surface area contributed by atoms with Crippen molar-refractivity contribution in [1.82, 2.24) is 15.3 Å². The Balaban J connectivity index is 1.66. The van der Waals surface area contributed by atoms with Gasteiger partial charge in [-0.25, -0.2) is 9.97 Å². The van der Waals surface area contributed by atoms with Crippen molar-refractivity contribution < 1.29 is 9.69 Å².